The molecule has 3 rings (SSSR count). The molecule has 4 heteroatoms. The van der Waals surface area contributed by atoms with Crippen molar-refractivity contribution in [2.24, 2.45) is 0 Å². The minimum absolute atomic E-state index is 0.0121. The molecule has 4 nitrogen and oxygen atoms in total. The Labute approximate surface area is 178 Å². The lowest BCUT2D eigenvalue weighted by atomic mass is 9.86. The minimum Gasteiger partial charge on any atom is -0.352 e. The lowest BCUT2D eigenvalue weighted by molar-refractivity contribution is -0.121. The Balaban J connectivity index is 1.45. The molecule has 0 aliphatic carbocycles. The summed E-state index contributed by atoms with van der Waals surface area (Å²) in [4.78, 5) is 24.0. The standard InChI is InChI=1S/C26H30N2O2/c1-26(2,3)23-14-11-20(12-15-23)13-16-24(29)27-18-21-7-9-22(10-8-21)19-28-17-5-4-6-25(28)30/h4-12,14-15,17H,13,16,18-19H2,1-3H3,(H,27,29). The molecular formula is C26H30N2O2. The molecule has 0 bridgehead atoms. The van der Waals surface area contributed by atoms with Crippen LogP contribution in [0.5, 0.6) is 0 Å². The van der Waals surface area contributed by atoms with Gasteiger partial charge in [0.25, 0.3) is 5.56 Å². The highest BCUT2D eigenvalue weighted by Gasteiger charge is 2.13. The van der Waals surface area contributed by atoms with E-state index in [9.17, 15) is 9.59 Å². The van der Waals surface area contributed by atoms with Gasteiger partial charge in [-0.15, -0.1) is 0 Å². The van der Waals surface area contributed by atoms with E-state index in [0.29, 0.717) is 19.5 Å². The van der Waals surface area contributed by atoms with Crippen LogP contribution in [0.2, 0.25) is 0 Å². The predicted molar refractivity (Wildman–Crippen MR) is 122 cm³/mol. The van der Waals surface area contributed by atoms with E-state index in [-0.39, 0.29) is 16.9 Å². The topological polar surface area (TPSA) is 51.1 Å². The third kappa shape index (κ3) is 6.18. The number of aryl methyl sites for hydroxylation is 1. The molecule has 0 saturated heterocycles. The van der Waals surface area contributed by atoms with Gasteiger partial charge in [-0.1, -0.05) is 75.4 Å². The zero-order valence-corrected chi connectivity index (χ0v) is 18.0. The lowest BCUT2D eigenvalue weighted by Gasteiger charge is -2.19. The van der Waals surface area contributed by atoms with E-state index in [1.54, 1.807) is 22.9 Å². The first-order valence-corrected chi connectivity index (χ1v) is 10.4. The Kier molecular flexibility index (Phi) is 6.88. The highest BCUT2D eigenvalue weighted by molar-refractivity contribution is 5.76. The first kappa shape index (κ1) is 21.6. The van der Waals surface area contributed by atoms with E-state index in [0.717, 1.165) is 17.5 Å². The molecule has 0 aliphatic heterocycles. The predicted octanol–water partition coefficient (Wildman–Crippen LogP) is 4.44. The van der Waals surface area contributed by atoms with Crippen LogP contribution in [0.3, 0.4) is 0 Å². The molecule has 2 aromatic carbocycles. The summed E-state index contributed by atoms with van der Waals surface area (Å²) >= 11 is 0. The van der Waals surface area contributed by atoms with Crippen LogP contribution in [0.15, 0.2) is 77.7 Å². The van der Waals surface area contributed by atoms with Crippen LogP contribution in [0, 0.1) is 0 Å². The molecule has 30 heavy (non-hydrogen) atoms. The Morgan fingerprint density at radius 2 is 1.50 bits per heavy atom. The monoisotopic (exact) mass is 402 g/mol. The van der Waals surface area contributed by atoms with Crippen molar-refractivity contribution in [2.75, 3.05) is 0 Å². The van der Waals surface area contributed by atoms with Crippen LogP contribution < -0.4 is 10.9 Å². The summed E-state index contributed by atoms with van der Waals surface area (Å²) in [5.74, 6) is 0.0508. The maximum Gasteiger partial charge on any atom is 0.250 e. The van der Waals surface area contributed by atoms with Gasteiger partial charge in [0.15, 0.2) is 0 Å². The Bertz CT molecular complexity index is 1030. The van der Waals surface area contributed by atoms with E-state index in [1.807, 2.05) is 30.3 Å². The summed E-state index contributed by atoms with van der Waals surface area (Å²) in [6, 6.07) is 21.7. The Morgan fingerprint density at radius 3 is 2.13 bits per heavy atom. The fraction of sp³-hybridized carbons (Fsp3) is 0.308. The second-order valence-corrected chi connectivity index (χ2v) is 8.71. The number of nitrogens with one attached hydrogen (secondary N) is 1. The molecule has 0 atom stereocenters. The molecular weight excluding hydrogens is 372 g/mol. The molecule has 3 aromatic rings. The van der Waals surface area contributed by atoms with Crippen molar-refractivity contribution in [2.45, 2.75) is 52.1 Å². The molecule has 0 unspecified atom stereocenters. The Morgan fingerprint density at radius 1 is 0.867 bits per heavy atom. The maximum absolute atomic E-state index is 12.2. The molecule has 1 amide bonds. The number of carbonyl (C=O) groups is 1. The summed E-state index contributed by atoms with van der Waals surface area (Å²) in [5.41, 5.74) is 4.71. The number of hydrogen-bond acceptors (Lipinski definition) is 2. The zero-order valence-electron chi connectivity index (χ0n) is 18.0. The van der Waals surface area contributed by atoms with Crippen LogP contribution >= 0.6 is 0 Å². The third-order valence-corrected chi connectivity index (χ3v) is 5.23. The largest absolute Gasteiger partial charge is 0.352 e. The van der Waals surface area contributed by atoms with Crippen molar-refractivity contribution in [3.63, 3.8) is 0 Å². The van der Waals surface area contributed by atoms with Crippen LogP contribution in [0.25, 0.3) is 0 Å². The number of pyridine rings is 1. The minimum atomic E-state index is -0.0121. The third-order valence-electron chi connectivity index (χ3n) is 5.23. The fourth-order valence-electron chi connectivity index (χ4n) is 3.27. The van der Waals surface area contributed by atoms with Crippen molar-refractivity contribution in [3.05, 3.63) is 106 Å². The van der Waals surface area contributed by atoms with Crippen molar-refractivity contribution in [3.8, 4) is 0 Å². The van der Waals surface area contributed by atoms with Crippen molar-refractivity contribution < 1.29 is 4.79 Å². The summed E-state index contributed by atoms with van der Waals surface area (Å²) in [7, 11) is 0. The molecule has 0 aliphatic rings. The first-order chi connectivity index (χ1) is 14.3. The summed E-state index contributed by atoms with van der Waals surface area (Å²) in [6.45, 7) is 7.64. The molecule has 0 spiro atoms. The van der Waals surface area contributed by atoms with Crippen LogP contribution in [-0.2, 0) is 29.7 Å². The van der Waals surface area contributed by atoms with E-state index in [1.165, 1.54) is 11.1 Å². The van der Waals surface area contributed by atoms with Gasteiger partial charge >= 0.3 is 0 Å². The van der Waals surface area contributed by atoms with Crippen molar-refractivity contribution in [1.29, 1.82) is 0 Å². The fourth-order valence-corrected chi connectivity index (χ4v) is 3.27. The number of amides is 1. The normalized spacial score (nSPS) is 11.3. The smallest absolute Gasteiger partial charge is 0.250 e. The van der Waals surface area contributed by atoms with E-state index in [2.05, 4.69) is 50.4 Å². The maximum atomic E-state index is 12.2. The molecule has 1 aromatic heterocycles. The van der Waals surface area contributed by atoms with Gasteiger partial charge in [0.2, 0.25) is 5.91 Å². The average molecular weight is 403 g/mol. The van der Waals surface area contributed by atoms with E-state index >= 15 is 0 Å². The van der Waals surface area contributed by atoms with Gasteiger partial charge in [-0.25, -0.2) is 0 Å². The lowest BCUT2D eigenvalue weighted by Crippen LogP contribution is -2.23. The van der Waals surface area contributed by atoms with Gasteiger partial charge in [-0.05, 0) is 40.2 Å². The van der Waals surface area contributed by atoms with E-state index in [4.69, 9.17) is 0 Å². The molecule has 0 radical (unpaired) electrons. The molecule has 156 valence electrons. The molecule has 0 fully saturated rings. The van der Waals surface area contributed by atoms with Gasteiger partial charge < -0.3 is 9.88 Å². The average Bonchev–Trinajstić information content (AvgIpc) is 2.73. The second kappa shape index (κ2) is 9.57. The zero-order chi connectivity index (χ0) is 21.6. The van der Waals surface area contributed by atoms with Gasteiger partial charge in [-0.3, -0.25) is 9.59 Å². The summed E-state index contributed by atoms with van der Waals surface area (Å²) < 4.78 is 1.67. The van der Waals surface area contributed by atoms with Crippen molar-refractivity contribution >= 4 is 5.91 Å². The van der Waals surface area contributed by atoms with Gasteiger partial charge in [0.1, 0.15) is 0 Å². The van der Waals surface area contributed by atoms with Crippen LogP contribution in [0.4, 0.5) is 0 Å². The number of hydrogen-bond donors (Lipinski definition) is 1. The highest BCUT2D eigenvalue weighted by atomic mass is 16.1. The van der Waals surface area contributed by atoms with Gasteiger partial charge in [0, 0.05) is 25.2 Å². The number of nitrogens with zero attached hydrogens (tertiary/aromatic N) is 1. The second-order valence-electron chi connectivity index (χ2n) is 8.71. The Hall–Kier alpha value is -3.14. The first-order valence-electron chi connectivity index (χ1n) is 10.4. The molecule has 1 N–H and O–H groups in total. The highest BCUT2D eigenvalue weighted by Crippen LogP contribution is 2.22. The quantitative estimate of drug-likeness (QED) is 0.635. The molecule has 1 heterocycles. The summed E-state index contributed by atoms with van der Waals surface area (Å²) in [6.07, 6.45) is 3.00. The number of benzene rings is 2. The van der Waals surface area contributed by atoms with Crippen LogP contribution in [-0.4, -0.2) is 10.5 Å². The number of aromatic nitrogens is 1. The van der Waals surface area contributed by atoms with Gasteiger partial charge in [0.05, 0.1) is 6.54 Å². The van der Waals surface area contributed by atoms with Crippen LogP contribution in [0.1, 0.15) is 49.4 Å². The van der Waals surface area contributed by atoms with Crippen molar-refractivity contribution in [1.82, 2.24) is 9.88 Å². The number of carbonyl (C=O) groups excluding carboxylic acids is 1. The molecule has 0 saturated carbocycles. The van der Waals surface area contributed by atoms with Gasteiger partial charge in [-0.2, -0.15) is 0 Å². The van der Waals surface area contributed by atoms with E-state index < -0.39 is 0 Å². The number of rotatable bonds is 7. The SMILES string of the molecule is CC(C)(C)c1ccc(CCC(=O)NCc2ccc(Cn3ccccc3=O)cc2)cc1. The summed E-state index contributed by atoms with van der Waals surface area (Å²) in [5, 5.41) is 2.99.